The summed E-state index contributed by atoms with van der Waals surface area (Å²) in [5, 5.41) is 12.2. The van der Waals surface area contributed by atoms with Gasteiger partial charge in [0.15, 0.2) is 0 Å². The highest BCUT2D eigenvalue weighted by Gasteiger charge is 2.23. The van der Waals surface area contributed by atoms with Gasteiger partial charge < -0.3 is 20.1 Å². The number of rotatable bonds is 7. The minimum absolute atomic E-state index is 0.0721. The second-order valence-electron chi connectivity index (χ2n) is 5.34. The fourth-order valence-corrected chi connectivity index (χ4v) is 2.87. The molecule has 0 aromatic carbocycles. The quantitative estimate of drug-likeness (QED) is 0.725. The predicted octanol–water partition coefficient (Wildman–Crippen LogP) is 1.14. The number of hydrogen-bond acceptors (Lipinski definition) is 4. The molecule has 1 aliphatic heterocycles. The normalized spacial score (nSPS) is 25.4. The van der Waals surface area contributed by atoms with Gasteiger partial charge in [0.05, 0.1) is 6.61 Å². The van der Waals surface area contributed by atoms with Crippen LogP contribution in [0.5, 0.6) is 0 Å². The minimum atomic E-state index is 0.0721. The molecule has 0 bridgehead atoms. The van der Waals surface area contributed by atoms with E-state index in [4.69, 9.17) is 9.84 Å². The van der Waals surface area contributed by atoms with Crippen molar-refractivity contribution < 1.29 is 9.84 Å². The summed E-state index contributed by atoms with van der Waals surface area (Å²) in [6.07, 6.45) is 10.1. The molecule has 4 heteroatoms. The summed E-state index contributed by atoms with van der Waals surface area (Å²) in [4.78, 5) is 2.55. The third-order valence-corrected chi connectivity index (χ3v) is 4.00. The maximum Gasteiger partial charge on any atom is 0.115 e. The fraction of sp³-hybridized carbons (Fsp3) is 0.733. The molecule has 0 aromatic rings. The van der Waals surface area contributed by atoms with E-state index in [2.05, 4.69) is 29.4 Å². The number of aliphatic hydroxyl groups is 1. The summed E-state index contributed by atoms with van der Waals surface area (Å²) in [6.45, 7) is 4.07. The number of likely N-dealkylation sites (tertiary alicyclic amines) is 1. The molecule has 1 heterocycles. The molecular weight excluding hydrogens is 240 g/mol. The van der Waals surface area contributed by atoms with Crippen LogP contribution in [0.4, 0.5) is 0 Å². The van der Waals surface area contributed by atoms with E-state index in [1.165, 1.54) is 25.9 Å². The van der Waals surface area contributed by atoms with Crippen LogP contribution in [0.25, 0.3) is 0 Å². The lowest BCUT2D eigenvalue weighted by atomic mass is 9.92. The SMILES string of the molecule is CN[C@H](CN1CCCC1)C1C=CC(OCCO)=CC1. The van der Waals surface area contributed by atoms with E-state index in [0.717, 1.165) is 18.7 Å². The highest BCUT2D eigenvalue weighted by molar-refractivity contribution is 5.19. The molecule has 0 saturated carbocycles. The predicted molar refractivity (Wildman–Crippen MR) is 76.9 cm³/mol. The molecule has 1 aliphatic carbocycles. The number of nitrogens with one attached hydrogen (secondary N) is 1. The number of nitrogens with zero attached hydrogens (tertiary/aromatic N) is 1. The summed E-state index contributed by atoms with van der Waals surface area (Å²) < 4.78 is 5.42. The van der Waals surface area contributed by atoms with Crippen LogP contribution in [0, 0.1) is 5.92 Å². The zero-order valence-corrected chi connectivity index (χ0v) is 11.8. The summed E-state index contributed by atoms with van der Waals surface area (Å²) >= 11 is 0. The topological polar surface area (TPSA) is 44.7 Å². The summed E-state index contributed by atoms with van der Waals surface area (Å²) in [7, 11) is 2.05. The zero-order valence-electron chi connectivity index (χ0n) is 11.8. The van der Waals surface area contributed by atoms with Crippen molar-refractivity contribution >= 4 is 0 Å². The minimum Gasteiger partial charge on any atom is -0.492 e. The van der Waals surface area contributed by atoms with Gasteiger partial charge in [-0.15, -0.1) is 0 Å². The van der Waals surface area contributed by atoms with Gasteiger partial charge in [0.2, 0.25) is 0 Å². The third-order valence-electron chi connectivity index (χ3n) is 4.00. The maximum atomic E-state index is 8.74. The molecule has 2 N–H and O–H groups in total. The molecule has 0 radical (unpaired) electrons. The van der Waals surface area contributed by atoms with Crippen LogP contribution >= 0.6 is 0 Å². The largest absolute Gasteiger partial charge is 0.492 e. The monoisotopic (exact) mass is 266 g/mol. The highest BCUT2D eigenvalue weighted by atomic mass is 16.5. The van der Waals surface area contributed by atoms with E-state index in [1.54, 1.807) is 0 Å². The molecule has 0 amide bonds. The Morgan fingerprint density at radius 2 is 2.26 bits per heavy atom. The van der Waals surface area contributed by atoms with E-state index in [9.17, 15) is 0 Å². The first-order chi connectivity index (χ1) is 9.33. The smallest absolute Gasteiger partial charge is 0.115 e. The van der Waals surface area contributed by atoms with Gasteiger partial charge in [0, 0.05) is 12.6 Å². The highest BCUT2D eigenvalue weighted by Crippen LogP contribution is 2.22. The summed E-state index contributed by atoms with van der Waals surface area (Å²) in [5.41, 5.74) is 0. The lowest BCUT2D eigenvalue weighted by Gasteiger charge is -2.29. The Hall–Kier alpha value is -0.840. The Labute approximate surface area is 116 Å². The lowest BCUT2D eigenvalue weighted by Crippen LogP contribution is -2.43. The Bertz CT molecular complexity index is 322. The van der Waals surface area contributed by atoms with Gasteiger partial charge in [-0.2, -0.15) is 0 Å². The Morgan fingerprint density at radius 1 is 1.47 bits per heavy atom. The van der Waals surface area contributed by atoms with Crippen LogP contribution < -0.4 is 5.32 Å². The fourth-order valence-electron chi connectivity index (χ4n) is 2.87. The molecular formula is C15H26N2O2. The zero-order chi connectivity index (χ0) is 13.5. The van der Waals surface area contributed by atoms with Gasteiger partial charge in [0.25, 0.3) is 0 Å². The molecule has 1 unspecified atom stereocenters. The average Bonchev–Trinajstić information content (AvgIpc) is 2.96. The van der Waals surface area contributed by atoms with Crippen LogP contribution in [0.3, 0.4) is 0 Å². The van der Waals surface area contributed by atoms with Crippen molar-refractivity contribution in [3.63, 3.8) is 0 Å². The van der Waals surface area contributed by atoms with Crippen LogP contribution in [0.15, 0.2) is 24.0 Å². The van der Waals surface area contributed by atoms with Crippen molar-refractivity contribution in [1.29, 1.82) is 0 Å². The van der Waals surface area contributed by atoms with Crippen molar-refractivity contribution in [3.05, 3.63) is 24.0 Å². The molecule has 2 atom stereocenters. The first kappa shape index (κ1) is 14.6. The van der Waals surface area contributed by atoms with Crippen LogP contribution in [0.2, 0.25) is 0 Å². The number of ether oxygens (including phenoxy) is 1. The van der Waals surface area contributed by atoms with Gasteiger partial charge >= 0.3 is 0 Å². The Morgan fingerprint density at radius 3 is 2.84 bits per heavy atom. The third kappa shape index (κ3) is 4.34. The number of likely N-dealkylation sites (N-methyl/N-ethyl adjacent to an activating group) is 1. The first-order valence-electron chi connectivity index (χ1n) is 7.35. The average molecular weight is 266 g/mol. The molecule has 1 fully saturated rings. The van der Waals surface area contributed by atoms with E-state index < -0.39 is 0 Å². The van der Waals surface area contributed by atoms with Gasteiger partial charge in [0.1, 0.15) is 12.4 Å². The van der Waals surface area contributed by atoms with Crippen molar-refractivity contribution in [2.75, 3.05) is 39.9 Å². The van der Waals surface area contributed by atoms with E-state index >= 15 is 0 Å². The lowest BCUT2D eigenvalue weighted by molar-refractivity contribution is 0.150. The summed E-state index contributed by atoms with van der Waals surface area (Å²) in [6, 6.07) is 0.505. The van der Waals surface area contributed by atoms with Gasteiger partial charge in [-0.25, -0.2) is 0 Å². The molecule has 2 aliphatic rings. The number of aliphatic hydroxyl groups excluding tert-OH is 1. The van der Waals surface area contributed by atoms with E-state index in [1.807, 2.05) is 6.08 Å². The van der Waals surface area contributed by atoms with Gasteiger partial charge in [-0.05, 0) is 57.5 Å². The van der Waals surface area contributed by atoms with Crippen molar-refractivity contribution in [3.8, 4) is 0 Å². The molecule has 1 saturated heterocycles. The molecule has 2 rings (SSSR count). The van der Waals surface area contributed by atoms with Crippen molar-refractivity contribution in [1.82, 2.24) is 10.2 Å². The molecule has 4 nitrogen and oxygen atoms in total. The first-order valence-corrected chi connectivity index (χ1v) is 7.35. The Kier molecular flexibility index (Phi) is 5.89. The van der Waals surface area contributed by atoms with Crippen LogP contribution in [0.1, 0.15) is 19.3 Å². The standard InChI is InChI=1S/C15H26N2O2/c1-16-15(12-17-8-2-3-9-17)13-4-6-14(7-5-13)19-11-10-18/h4,6-7,13,15-16,18H,2-3,5,8-12H2,1H3/t13?,15-/m1/s1. The van der Waals surface area contributed by atoms with Crippen molar-refractivity contribution in [2.24, 2.45) is 5.92 Å². The van der Waals surface area contributed by atoms with E-state index in [0.29, 0.717) is 18.6 Å². The van der Waals surface area contributed by atoms with E-state index in [-0.39, 0.29) is 6.61 Å². The second-order valence-corrected chi connectivity index (χ2v) is 5.34. The molecule has 19 heavy (non-hydrogen) atoms. The molecule has 108 valence electrons. The Balaban J connectivity index is 1.81. The number of hydrogen-bond donors (Lipinski definition) is 2. The van der Waals surface area contributed by atoms with Crippen molar-refractivity contribution in [2.45, 2.75) is 25.3 Å². The molecule has 0 spiro atoms. The molecule has 0 aromatic heterocycles. The maximum absolute atomic E-state index is 8.74. The van der Waals surface area contributed by atoms with Gasteiger partial charge in [-0.1, -0.05) is 6.08 Å². The van der Waals surface area contributed by atoms with Gasteiger partial charge in [-0.3, -0.25) is 0 Å². The second kappa shape index (κ2) is 7.68. The number of allylic oxidation sites excluding steroid dienone is 2. The summed E-state index contributed by atoms with van der Waals surface area (Å²) in [5.74, 6) is 1.42. The van der Waals surface area contributed by atoms with Crippen LogP contribution in [-0.4, -0.2) is 55.9 Å². The van der Waals surface area contributed by atoms with Crippen LogP contribution in [-0.2, 0) is 4.74 Å².